The molecule has 0 radical (unpaired) electrons. The van der Waals surface area contributed by atoms with Crippen molar-refractivity contribution >= 4 is 29.1 Å². The van der Waals surface area contributed by atoms with E-state index in [0.717, 1.165) is 5.56 Å². The fourth-order valence-electron chi connectivity index (χ4n) is 2.17. The van der Waals surface area contributed by atoms with E-state index in [2.05, 4.69) is 10.2 Å². The van der Waals surface area contributed by atoms with E-state index in [1.54, 1.807) is 10.6 Å². The topological polar surface area (TPSA) is 47.8 Å². The molecule has 0 bridgehead atoms. The summed E-state index contributed by atoms with van der Waals surface area (Å²) in [7, 11) is 1.82. The van der Waals surface area contributed by atoms with Gasteiger partial charge in [-0.05, 0) is 36.4 Å². The Hall–Kier alpha value is -2.18. The van der Waals surface area contributed by atoms with Crippen LogP contribution >= 0.6 is 23.4 Å². The second-order valence-corrected chi connectivity index (χ2v) is 6.41. The molecule has 0 N–H and O–H groups in total. The average Bonchev–Trinajstić information content (AvgIpc) is 2.94. The van der Waals surface area contributed by atoms with Gasteiger partial charge in [-0.1, -0.05) is 35.5 Å². The molecule has 3 aromatic rings. The number of rotatable bonds is 5. The summed E-state index contributed by atoms with van der Waals surface area (Å²) < 4.78 is 14.7. The highest BCUT2D eigenvalue weighted by atomic mass is 35.5. The van der Waals surface area contributed by atoms with Crippen molar-refractivity contribution in [2.75, 3.05) is 5.75 Å². The number of hydrogen-bond acceptors (Lipinski definition) is 4. The minimum atomic E-state index is -0.364. The van der Waals surface area contributed by atoms with Gasteiger partial charge in [0.25, 0.3) is 0 Å². The number of carbonyl (C=O) groups excluding carboxylic acids is 1. The van der Waals surface area contributed by atoms with Crippen molar-refractivity contribution in [1.82, 2.24) is 14.8 Å². The smallest absolute Gasteiger partial charge is 0.191 e. The van der Waals surface area contributed by atoms with Crippen molar-refractivity contribution in [1.29, 1.82) is 0 Å². The maximum Gasteiger partial charge on any atom is 0.191 e. The molecule has 7 heteroatoms. The fourth-order valence-corrected chi connectivity index (χ4v) is 3.19. The van der Waals surface area contributed by atoms with Gasteiger partial charge in [0.1, 0.15) is 5.82 Å². The van der Waals surface area contributed by atoms with E-state index in [9.17, 15) is 9.18 Å². The number of aromatic nitrogens is 3. The third-order valence-electron chi connectivity index (χ3n) is 3.45. The summed E-state index contributed by atoms with van der Waals surface area (Å²) in [6.07, 6.45) is 0. The molecule has 1 aromatic heterocycles. The number of nitrogens with zero attached hydrogens (tertiary/aromatic N) is 3. The minimum Gasteiger partial charge on any atom is -0.305 e. The van der Waals surface area contributed by atoms with Crippen molar-refractivity contribution in [2.45, 2.75) is 5.16 Å². The van der Waals surface area contributed by atoms with Crippen LogP contribution in [0.5, 0.6) is 0 Å². The predicted octanol–water partition coefficient (Wildman–Crippen LogP) is 4.25. The number of Topliss-reactive ketones (excluding diaryl/α,β-unsaturated/α-hetero) is 1. The number of thioether (sulfide) groups is 1. The third-order valence-corrected chi connectivity index (χ3v) is 4.80. The fraction of sp³-hybridized carbons (Fsp3) is 0.118. The highest BCUT2D eigenvalue weighted by Crippen LogP contribution is 2.28. The Bertz CT molecular complexity index is 880. The van der Waals surface area contributed by atoms with Gasteiger partial charge < -0.3 is 4.57 Å². The van der Waals surface area contributed by atoms with Crippen molar-refractivity contribution < 1.29 is 9.18 Å². The zero-order valence-corrected chi connectivity index (χ0v) is 14.3. The van der Waals surface area contributed by atoms with Crippen LogP contribution < -0.4 is 0 Å². The van der Waals surface area contributed by atoms with Crippen LogP contribution in [0.4, 0.5) is 4.39 Å². The zero-order valence-electron chi connectivity index (χ0n) is 12.7. The maximum absolute atomic E-state index is 12.9. The summed E-state index contributed by atoms with van der Waals surface area (Å²) in [5.41, 5.74) is 1.25. The van der Waals surface area contributed by atoms with Crippen LogP contribution in [0, 0.1) is 5.82 Å². The monoisotopic (exact) mass is 361 g/mol. The first-order valence-corrected chi connectivity index (χ1v) is 8.48. The van der Waals surface area contributed by atoms with Crippen LogP contribution in [0.25, 0.3) is 11.4 Å². The van der Waals surface area contributed by atoms with Crippen molar-refractivity contribution in [3.05, 3.63) is 64.9 Å². The Morgan fingerprint density at radius 2 is 1.88 bits per heavy atom. The Morgan fingerprint density at radius 3 is 2.58 bits per heavy atom. The Balaban J connectivity index is 1.74. The molecule has 0 unspecified atom stereocenters. The molecule has 0 atom stereocenters. The molecule has 24 heavy (non-hydrogen) atoms. The van der Waals surface area contributed by atoms with E-state index in [4.69, 9.17) is 11.6 Å². The summed E-state index contributed by atoms with van der Waals surface area (Å²) in [6.45, 7) is 0. The molecule has 4 nitrogen and oxygen atoms in total. The second kappa shape index (κ2) is 7.15. The third kappa shape index (κ3) is 3.49. The van der Waals surface area contributed by atoms with Crippen molar-refractivity contribution in [3.8, 4) is 11.4 Å². The molecule has 3 rings (SSSR count). The normalized spacial score (nSPS) is 10.8. The highest BCUT2D eigenvalue weighted by Gasteiger charge is 2.15. The summed E-state index contributed by atoms with van der Waals surface area (Å²) >= 11 is 7.47. The SMILES string of the molecule is Cn1c(SCC(=O)c2ccc(F)cc2)nnc1-c1ccccc1Cl. The summed E-state index contributed by atoms with van der Waals surface area (Å²) in [5.74, 6) is 0.372. The van der Waals surface area contributed by atoms with Crippen LogP contribution in [0.3, 0.4) is 0 Å². The number of carbonyl (C=O) groups is 1. The first-order chi connectivity index (χ1) is 11.6. The van der Waals surface area contributed by atoms with Gasteiger partial charge in [0.2, 0.25) is 0 Å². The van der Waals surface area contributed by atoms with E-state index < -0.39 is 0 Å². The number of ketones is 1. The van der Waals surface area contributed by atoms with Crippen LogP contribution in [-0.4, -0.2) is 26.3 Å². The predicted molar refractivity (Wildman–Crippen MR) is 92.9 cm³/mol. The molecule has 0 spiro atoms. The molecule has 0 fully saturated rings. The Kier molecular flexibility index (Phi) is 4.97. The van der Waals surface area contributed by atoms with Gasteiger partial charge in [0, 0.05) is 18.2 Å². The number of benzene rings is 2. The van der Waals surface area contributed by atoms with E-state index in [0.29, 0.717) is 21.6 Å². The van der Waals surface area contributed by atoms with Crippen molar-refractivity contribution in [3.63, 3.8) is 0 Å². The van der Waals surface area contributed by atoms with E-state index in [1.807, 2.05) is 25.2 Å². The molecule has 0 saturated carbocycles. The van der Waals surface area contributed by atoms with Crippen LogP contribution in [0.1, 0.15) is 10.4 Å². The Labute approximate surface area is 147 Å². The summed E-state index contributed by atoms with van der Waals surface area (Å²) in [5, 5.41) is 9.48. The number of hydrogen-bond donors (Lipinski definition) is 0. The van der Waals surface area contributed by atoms with E-state index in [1.165, 1.54) is 36.0 Å². The average molecular weight is 362 g/mol. The molecule has 1 heterocycles. The lowest BCUT2D eigenvalue weighted by atomic mass is 10.1. The minimum absolute atomic E-state index is 0.0951. The molecular formula is C17H13ClFN3OS. The van der Waals surface area contributed by atoms with Gasteiger partial charge >= 0.3 is 0 Å². The molecule has 0 aliphatic rings. The molecule has 122 valence electrons. The lowest BCUT2D eigenvalue weighted by molar-refractivity contribution is 0.102. The van der Waals surface area contributed by atoms with Gasteiger partial charge in [-0.2, -0.15) is 0 Å². The molecule has 0 aliphatic heterocycles. The first kappa shape index (κ1) is 16.7. The van der Waals surface area contributed by atoms with Crippen molar-refractivity contribution in [2.24, 2.45) is 7.05 Å². The molecular weight excluding hydrogens is 349 g/mol. The first-order valence-electron chi connectivity index (χ1n) is 7.12. The van der Waals surface area contributed by atoms with Gasteiger partial charge in [-0.25, -0.2) is 4.39 Å². The molecule has 0 amide bonds. The lowest BCUT2D eigenvalue weighted by Crippen LogP contribution is -2.04. The summed E-state index contributed by atoms with van der Waals surface area (Å²) in [6, 6.07) is 12.9. The lowest BCUT2D eigenvalue weighted by Gasteiger charge is -2.05. The van der Waals surface area contributed by atoms with Crippen LogP contribution in [0.2, 0.25) is 5.02 Å². The van der Waals surface area contributed by atoms with E-state index in [-0.39, 0.29) is 17.4 Å². The van der Waals surface area contributed by atoms with Gasteiger partial charge in [0.15, 0.2) is 16.8 Å². The van der Waals surface area contributed by atoms with Crippen LogP contribution in [0.15, 0.2) is 53.7 Å². The highest BCUT2D eigenvalue weighted by molar-refractivity contribution is 7.99. The second-order valence-electron chi connectivity index (χ2n) is 5.06. The molecule has 0 saturated heterocycles. The van der Waals surface area contributed by atoms with E-state index >= 15 is 0 Å². The molecule has 2 aromatic carbocycles. The van der Waals surface area contributed by atoms with Gasteiger partial charge in [0.05, 0.1) is 10.8 Å². The number of halogens is 2. The largest absolute Gasteiger partial charge is 0.305 e. The van der Waals surface area contributed by atoms with Gasteiger partial charge in [-0.15, -0.1) is 10.2 Å². The Morgan fingerprint density at radius 1 is 1.17 bits per heavy atom. The standard InChI is InChI=1S/C17H13ClFN3OS/c1-22-16(13-4-2-3-5-14(13)18)20-21-17(22)24-10-15(23)11-6-8-12(19)9-7-11/h2-9H,10H2,1H3. The zero-order chi connectivity index (χ0) is 17.1. The maximum atomic E-state index is 12.9. The molecule has 0 aliphatic carbocycles. The summed E-state index contributed by atoms with van der Waals surface area (Å²) in [4.78, 5) is 12.1. The van der Waals surface area contributed by atoms with Gasteiger partial charge in [-0.3, -0.25) is 4.79 Å². The quantitative estimate of drug-likeness (QED) is 0.503. The van der Waals surface area contributed by atoms with Crippen LogP contribution in [-0.2, 0) is 7.05 Å².